The van der Waals surface area contributed by atoms with E-state index < -0.39 is 0 Å². The van der Waals surface area contributed by atoms with Crippen LogP contribution in [0.15, 0.2) is 89.5 Å². The van der Waals surface area contributed by atoms with Gasteiger partial charge in [-0.25, -0.2) is 0 Å². The minimum Gasteiger partial charge on any atom is -0.459 e. The number of hydrogen-bond donors (Lipinski definition) is 2. The second-order valence-corrected chi connectivity index (χ2v) is 9.45. The highest BCUT2D eigenvalue weighted by Crippen LogP contribution is 2.41. The molecule has 178 valence electrons. The van der Waals surface area contributed by atoms with Crippen molar-refractivity contribution in [2.24, 2.45) is 0 Å². The highest BCUT2D eigenvalue weighted by molar-refractivity contribution is 7.80. The van der Waals surface area contributed by atoms with Crippen LogP contribution in [0.3, 0.4) is 0 Å². The molecule has 0 aliphatic carbocycles. The second kappa shape index (κ2) is 10.5. The molecule has 1 fully saturated rings. The standard InChI is InChI=1S/C28H27ClN4OS/c1-19-11-12-20(29)18-22(19)24-13-14-25(34-24)27-26(23-10-5-6-15-31-23)32-28(35)33(27)17-7-16-30-21-8-3-2-4-9-21/h2-6,8-15,18,26-27,30H,7,16-17H2,1H3,(H,32,35)/t26-,27-/m1/s1. The Hall–Kier alpha value is -3.35. The first kappa shape index (κ1) is 23.4. The molecule has 0 bridgehead atoms. The molecule has 1 saturated heterocycles. The molecule has 35 heavy (non-hydrogen) atoms. The average molecular weight is 503 g/mol. The smallest absolute Gasteiger partial charge is 0.170 e. The third-order valence-electron chi connectivity index (χ3n) is 6.26. The van der Waals surface area contributed by atoms with Gasteiger partial charge in [-0.05, 0) is 79.7 Å². The Labute approximate surface area is 216 Å². The number of benzene rings is 2. The van der Waals surface area contributed by atoms with E-state index >= 15 is 0 Å². The van der Waals surface area contributed by atoms with Gasteiger partial charge in [0.2, 0.25) is 0 Å². The quantitative estimate of drug-likeness (QED) is 0.204. The van der Waals surface area contributed by atoms with Crippen molar-refractivity contribution in [1.29, 1.82) is 0 Å². The minimum absolute atomic E-state index is 0.106. The van der Waals surface area contributed by atoms with Gasteiger partial charge < -0.3 is 20.0 Å². The van der Waals surface area contributed by atoms with Crippen molar-refractivity contribution in [1.82, 2.24) is 15.2 Å². The van der Waals surface area contributed by atoms with Gasteiger partial charge in [-0.2, -0.15) is 0 Å². The number of nitrogens with zero attached hydrogens (tertiary/aromatic N) is 2. The third kappa shape index (κ3) is 5.19. The normalized spacial score (nSPS) is 17.4. The van der Waals surface area contributed by atoms with Crippen molar-refractivity contribution < 1.29 is 4.42 Å². The average Bonchev–Trinajstić information content (AvgIpc) is 3.49. The number of rotatable bonds is 8. The number of thiocarbonyl (C=S) groups is 1. The van der Waals surface area contributed by atoms with Gasteiger partial charge in [-0.15, -0.1) is 0 Å². The Kier molecular flexibility index (Phi) is 7.02. The van der Waals surface area contributed by atoms with E-state index in [0.717, 1.165) is 53.5 Å². The number of furan rings is 1. The molecule has 7 heteroatoms. The Morgan fingerprint density at radius 1 is 1.06 bits per heavy atom. The maximum absolute atomic E-state index is 6.45. The van der Waals surface area contributed by atoms with Gasteiger partial charge >= 0.3 is 0 Å². The molecule has 2 N–H and O–H groups in total. The fourth-order valence-electron chi connectivity index (χ4n) is 4.51. The topological polar surface area (TPSA) is 53.3 Å². The zero-order valence-electron chi connectivity index (χ0n) is 19.4. The lowest BCUT2D eigenvalue weighted by atomic mass is 10.0. The van der Waals surface area contributed by atoms with Crippen molar-refractivity contribution in [3.63, 3.8) is 0 Å². The maximum Gasteiger partial charge on any atom is 0.170 e. The summed E-state index contributed by atoms with van der Waals surface area (Å²) in [6, 6.07) is 25.9. The lowest BCUT2D eigenvalue weighted by Gasteiger charge is -2.26. The number of hydrogen-bond acceptors (Lipinski definition) is 4. The van der Waals surface area contributed by atoms with Crippen LogP contribution >= 0.6 is 23.8 Å². The van der Waals surface area contributed by atoms with E-state index in [0.29, 0.717) is 10.1 Å². The predicted octanol–water partition coefficient (Wildman–Crippen LogP) is 6.78. The van der Waals surface area contributed by atoms with E-state index in [1.807, 2.05) is 72.9 Å². The molecule has 0 radical (unpaired) electrons. The van der Waals surface area contributed by atoms with E-state index in [1.165, 1.54) is 0 Å². The summed E-state index contributed by atoms with van der Waals surface area (Å²) in [5.74, 6) is 1.64. The molecule has 0 spiro atoms. The van der Waals surface area contributed by atoms with Crippen LogP contribution in [0.4, 0.5) is 5.69 Å². The van der Waals surface area contributed by atoms with Crippen molar-refractivity contribution in [3.05, 3.63) is 107 Å². The number of halogens is 1. The molecular weight excluding hydrogens is 476 g/mol. The highest BCUT2D eigenvalue weighted by atomic mass is 35.5. The molecule has 0 unspecified atom stereocenters. The Morgan fingerprint density at radius 3 is 2.69 bits per heavy atom. The summed E-state index contributed by atoms with van der Waals surface area (Å²) >= 11 is 12.1. The van der Waals surface area contributed by atoms with Gasteiger partial charge in [-0.1, -0.05) is 41.9 Å². The molecule has 4 aromatic rings. The number of aromatic nitrogens is 1. The SMILES string of the molecule is Cc1ccc(Cl)cc1-c1ccc([C@@H]2[C@@H](c3ccccn3)NC(=S)N2CCCNc2ccccc2)o1. The predicted molar refractivity (Wildman–Crippen MR) is 146 cm³/mol. The Balaban J connectivity index is 1.40. The van der Waals surface area contributed by atoms with E-state index in [-0.39, 0.29) is 12.1 Å². The lowest BCUT2D eigenvalue weighted by molar-refractivity contribution is 0.274. The molecule has 0 saturated carbocycles. The lowest BCUT2D eigenvalue weighted by Crippen LogP contribution is -2.31. The highest BCUT2D eigenvalue weighted by Gasteiger charge is 2.41. The molecule has 2 aromatic heterocycles. The molecule has 3 heterocycles. The summed E-state index contributed by atoms with van der Waals surface area (Å²) < 4.78 is 6.45. The molecule has 1 aliphatic heterocycles. The monoisotopic (exact) mass is 502 g/mol. The number of pyridine rings is 1. The zero-order chi connectivity index (χ0) is 24.2. The molecule has 1 aliphatic rings. The van der Waals surface area contributed by atoms with Gasteiger partial charge in [0.1, 0.15) is 17.6 Å². The summed E-state index contributed by atoms with van der Waals surface area (Å²) in [5.41, 5.74) is 4.15. The van der Waals surface area contributed by atoms with Crippen LogP contribution in [0.2, 0.25) is 5.02 Å². The third-order valence-corrected chi connectivity index (χ3v) is 6.85. The molecular formula is C28H27ClN4OS. The summed E-state index contributed by atoms with van der Waals surface area (Å²) in [6.07, 6.45) is 2.73. The largest absolute Gasteiger partial charge is 0.459 e. The molecule has 5 nitrogen and oxygen atoms in total. The van der Waals surface area contributed by atoms with Crippen LogP contribution < -0.4 is 10.6 Å². The van der Waals surface area contributed by atoms with Crippen LogP contribution in [0, 0.1) is 6.92 Å². The number of aryl methyl sites for hydroxylation is 1. The van der Waals surface area contributed by atoms with Crippen molar-refractivity contribution >= 4 is 34.6 Å². The second-order valence-electron chi connectivity index (χ2n) is 8.63. The van der Waals surface area contributed by atoms with Crippen molar-refractivity contribution in [2.45, 2.75) is 25.4 Å². The Bertz CT molecular complexity index is 1290. The van der Waals surface area contributed by atoms with E-state index in [4.69, 9.17) is 28.2 Å². The van der Waals surface area contributed by atoms with E-state index in [1.54, 1.807) is 0 Å². The minimum atomic E-state index is -0.109. The summed E-state index contributed by atoms with van der Waals surface area (Å²) in [7, 11) is 0. The maximum atomic E-state index is 6.45. The summed E-state index contributed by atoms with van der Waals surface area (Å²) in [5, 5.41) is 8.37. The van der Waals surface area contributed by atoms with Gasteiger partial charge in [-0.3, -0.25) is 4.98 Å². The molecule has 5 rings (SSSR count). The van der Waals surface area contributed by atoms with Crippen LogP contribution in [-0.4, -0.2) is 28.1 Å². The molecule has 2 aromatic carbocycles. The van der Waals surface area contributed by atoms with Gasteiger partial charge in [0, 0.05) is 35.6 Å². The number of nitrogens with one attached hydrogen (secondary N) is 2. The zero-order valence-corrected chi connectivity index (χ0v) is 21.0. The fraction of sp³-hybridized carbons (Fsp3) is 0.214. The van der Waals surface area contributed by atoms with Crippen LogP contribution in [0.25, 0.3) is 11.3 Å². The van der Waals surface area contributed by atoms with Crippen molar-refractivity contribution in [3.8, 4) is 11.3 Å². The van der Waals surface area contributed by atoms with Crippen LogP contribution in [0.5, 0.6) is 0 Å². The number of para-hydroxylation sites is 1. The van der Waals surface area contributed by atoms with Gasteiger partial charge in [0.05, 0.1) is 11.7 Å². The first-order valence-electron chi connectivity index (χ1n) is 11.7. The van der Waals surface area contributed by atoms with Gasteiger partial charge in [0.15, 0.2) is 5.11 Å². The fourth-order valence-corrected chi connectivity index (χ4v) is 5.01. The van der Waals surface area contributed by atoms with Gasteiger partial charge in [0.25, 0.3) is 0 Å². The summed E-state index contributed by atoms with van der Waals surface area (Å²) in [4.78, 5) is 6.83. The van der Waals surface area contributed by atoms with Crippen molar-refractivity contribution in [2.75, 3.05) is 18.4 Å². The first-order chi connectivity index (χ1) is 17.1. The summed E-state index contributed by atoms with van der Waals surface area (Å²) in [6.45, 7) is 3.68. The molecule has 2 atom stereocenters. The first-order valence-corrected chi connectivity index (χ1v) is 12.5. The van der Waals surface area contributed by atoms with Crippen LogP contribution in [0.1, 0.15) is 35.5 Å². The number of anilines is 1. The molecule has 0 amide bonds. The van der Waals surface area contributed by atoms with E-state index in [2.05, 4.69) is 39.6 Å². The van der Waals surface area contributed by atoms with Crippen LogP contribution in [-0.2, 0) is 0 Å². The Morgan fingerprint density at radius 2 is 1.89 bits per heavy atom. The van der Waals surface area contributed by atoms with E-state index in [9.17, 15) is 0 Å².